The van der Waals surface area contributed by atoms with Crippen LogP contribution in [0.15, 0.2) is 10.5 Å². The number of oxime groups is 1. The number of nitrogen functional groups attached to an aromatic ring is 1. The smallest absolute Gasteiger partial charge is 0.362 e. The van der Waals surface area contributed by atoms with Crippen LogP contribution in [-0.2, 0) is 24.7 Å². The third-order valence-electron chi connectivity index (χ3n) is 3.05. The van der Waals surface area contributed by atoms with Crippen molar-refractivity contribution in [1.29, 1.82) is 0 Å². The Morgan fingerprint density at radius 1 is 1.62 bits per heavy atom. The highest BCUT2D eigenvalue weighted by Crippen LogP contribution is 2.23. The van der Waals surface area contributed by atoms with Gasteiger partial charge in [0.25, 0.3) is 11.8 Å². The number of aromatic nitrogens is 1. The number of nitrogens with two attached hydrogens (primary N) is 1. The fraction of sp³-hybridized carbons (Fsp3) is 0.400. The topological polar surface area (TPSA) is 185 Å². The van der Waals surface area contributed by atoms with Crippen LogP contribution in [0.1, 0.15) is 5.69 Å². The van der Waals surface area contributed by atoms with Crippen LogP contribution < -0.4 is 11.1 Å². The zero-order valence-corrected chi connectivity index (χ0v) is 13.7. The number of thiazole rings is 1. The van der Waals surface area contributed by atoms with Crippen LogP contribution >= 0.6 is 11.3 Å². The summed E-state index contributed by atoms with van der Waals surface area (Å²) in [5.74, 6) is -1.99. The van der Waals surface area contributed by atoms with Gasteiger partial charge in [-0.15, -0.1) is 11.3 Å². The van der Waals surface area contributed by atoms with Crippen LogP contribution in [-0.4, -0.2) is 70.7 Å². The minimum Gasteiger partial charge on any atom is -0.398 e. The van der Waals surface area contributed by atoms with Crippen molar-refractivity contribution in [2.24, 2.45) is 5.16 Å². The van der Waals surface area contributed by atoms with E-state index >= 15 is 0 Å². The van der Waals surface area contributed by atoms with E-state index in [2.05, 4.69) is 20.3 Å². The molecule has 1 aliphatic rings. The zero-order chi connectivity index (χ0) is 18.1. The molecule has 0 radical (unpaired) electrons. The van der Waals surface area contributed by atoms with E-state index in [-0.39, 0.29) is 20.8 Å². The number of β-lactam (4-membered cyclic amide) rings is 1. The molecule has 2 heterocycles. The Bertz CT molecular complexity index is 789. The van der Waals surface area contributed by atoms with E-state index in [9.17, 15) is 23.1 Å². The molecule has 12 nitrogen and oxygen atoms in total. The minimum atomic E-state index is -4.83. The fourth-order valence-corrected chi connectivity index (χ4v) is 3.46. The summed E-state index contributed by atoms with van der Waals surface area (Å²) in [5, 5.41) is 16.5. The lowest BCUT2D eigenvalue weighted by Gasteiger charge is -2.43. The van der Waals surface area contributed by atoms with Gasteiger partial charge >= 0.3 is 10.3 Å². The predicted octanol–water partition coefficient (Wildman–Crippen LogP) is -2.43. The van der Waals surface area contributed by atoms with Crippen LogP contribution in [0.4, 0.5) is 5.13 Å². The number of hydrogen-bond acceptors (Lipinski definition) is 10. The predicted molar refractivity (Wildman–Crippen MR) is 81.3 cm³/mol. The van der Waals surface area contributed by atoms with Gasteiger partial charge in [-0.25, -0.2) is 9.29 Å². The Labute approximate surface area is 139 Å². The van der Waals surface area contributed by atoms with Crippen molar-refractivity contribution in [3.8, 4) is 0 Å². The first-order valence-corrected chi connectivity index (χ1v) is 8.53. The maximum atomic E-state index is 12.2. The van der Waals surface area contributed by atoms with Gasteiger partial charge in [0.05, 0.1) is 6.61 Å². The van der Waals surface area contributed by atoms with Crippen LogP contribution in [0, 0.1) is 0 Å². The molecule has 132 valence electrons. The Kier molecular flexibility index (Phi) is 5.02. The van der Waals surface area contributed by atoms with Gasteiger partial charge < -0.3 is 21.0 Å². The minimum absolute atomic E-state index is 0.0753. The lowest BCUT2D eigenvalue weighted by molar-refractivity contribution is -0.146. The van der Waals surface area contributed by atoms with Crippen molar-refractivity contribution in [3.05, 3.63) is 11.1 Å². The summed E-state index contributed by atoms with van der Waals surface area (Å²) in [6.07, 6.45) is 0. The number of aliphatic hydroxyl groups excluding tert-OH is 1. The molecule has 2 rings (SSSR count). The summed E-state index contributed by atoms with van der Waals surface area (Å²) < 4.78 is 31.1. The molecule has 1 aromatic rings. The molecule has 2 atom stereocenters. The number of hydrogen-bond donors (Lipinski definition) is 4. The Morgan fingerprint density at radius 2 is 2.29 bits per heavy atom. The van der Waals surface area contributed by atoms with Gasteiger partial charge in [-0.05, 0) is 0 Å². The number of anilines is 1. The lowest BCUT2D eigenvalue weighted by Crippen LogP contribution is -2.73. The highest BCUT2D eigenvalue weighted by molar-refractivity contribution is 7.84. The summed E-state index contributed by atoms with van der Waals surface area (Å²) in [5.41, 5.74) is 5.28. The van der Waals surface area contributed by atoms with Crippen LogP contribution in [0.25, 0.3) is 0 Å². The molecule has 0 spiro atoms. The lowest BCUT2D eigenvalue weighted by atomic mass is 9.99. The SMILES string of the molecule is CON=C(C(=O)N[C@H]1C(=O)N(S(=O)(=O)O)[C@H]1CO)c1csc(N)n1. The van der Waals surface area contributed by atoms with Crippen molar-refractivity contribution < 1.29 is 32.5 Å². The summed E-state index contributed by atoms with van der Waals surface area (Å²) in [7, 11) is -3.65. The second-order valence-electron chi connectivity index (χ2n) is 4.51. The van der Waals surface area contributed by atoms with Crippen molar-refractivity contribution in [2.75, 3.05) is 19.5 Å². The van der Waals surface area contributed by atoms with Gasteiger partial charge in [-0.3, -0.25) is 14.1 Å². The molecular formula is C10H13N5O7S2. The van der Waals surface area contributed by atoms with Crippen LogP contribution in [0.2, 0.25) is 0 Å². The third kappa shape index (κ3) is 3.30. The number of carbonyl (C=O) groups is 2. The van der Waals surface area contributed by atoms with Gasteiger partial charge in [0.15, 0.2) is 10.8 Å². The molecule has 5 N–H and O–H groups in total. The first-order chi connectivity index (χ1) is 11.2. The van der Waals surface area contributed by atoms with Crippen molar-refractivity contribution >= 4 is 44.3 Å². The fourth-order valence-electron chi connectivity index (χ4n) is 2.04. The standard InChI is InChI=1S/C10H13N5O7S2/c1-22-14-6(4-3-23-10(11)12-4)8(17)13-7-5(2-16)15(9(7)18)24(19,20)21/h3,5,7,16H,2H2,1H3,(H2,11,12)(H,13,17)(H,19,20,21)/t5-,7+/m0/s1. The van der Waals surface area contributed by atoms with Gasteiger partial charge in [-0.2, -0.15) is 8.42 Å². The molecule has 0 saturated carbocycles. The maximum absolute atomic E-state index is 12.2. The molecule has 14 heteroatoms. The van der Waals surface area contributed by atoms with Gasteiger partial charge in [0, 0.05) is 5.38 Å². The number of nitrogens with one attached hydrogen (secondary N) is 1. The van der Waals surface area contributed by atoms with E-state index in [1.54, 1.807) is 0 Å². The highest BCUT2D eigenvalue weighted by Gasteiger charge is 2.53. The average Bonchev–Trinajstić information content (AvgIpc) is 2.91. The molecule has 24 heavy (non-hydrogen) atoms. The first-order valence-electron chi connectivity index (χ1n) is 6.25. The van der Waals surface area contributed by atoms with Crippen molar-refractivity contribution in [2.45, 2.75) is 12.1 Å². The molecular weight excluding hydrogens is 366 g/mol. The zero-order valence-electron chi connectivity index (χ0n) is 12.1. The van der Waals surface area contributed by atoms with Gasteiger partial charge in [-0.1, -0.05) is 5.16 Å². The average molecular weight is 379 g/mol. The summed E-state index contributed by atoms with van der Waals surface area (Å²) >= 11 is 1.05. The molecule has 1 aliphatic heterocycles. The number of aliphatic hydroxyl groups is 1. The van der Waals surface area contributed by atoms with E-state index in [0.29, 0.717) is 0 Å². The number of amides is 2. The van der Waals surface area contributed by atoms with Crippen molar-refractivity contribution in [3.63, 3.8) is 0 Å². The maximum Gasteiger partial charge on any atom is 0.362 e. The van der Waals surface area contributed by atoms with Gasteiger partial charge in [0.1, 0.15) is 24.9 Å². The van der Waals surface area contributed by atoms with Gasteiger partial charge in [0.2, 0.25) is 0 Å². The summed E-state index contributed by atoms with van der Waals surface area (Å²) in [6, 6.07) is -2.69. The Morgan fingerprint density at radius 3 is 2.75 bits per heavy atom. The number of carbonyl (C=O) groups excluding carboxylic acids is 2. The molecule has 2 amide bonds. The van der Waals surface area contributed by atoms with E-state index in [4.69, 9.17) is 10.3 Å². The van der Waals surface area contributed by atoms with E-state index in [1.165, 1.54) is 12.5 Å². The van der Waals surface area contributed by atoms with E-state index in [1.807, 2.05) is 0 Å². The largest absolute Gasteiger partial charge is 0.398 e. The molecule has 1 saturated heterocycles. The van der Waals surface area contributed by atoms with Crippen LogP contribution in [0.3, 0.4) is 0 Å². The van der Waals surface area contributed by atoms with Crippen LogP contribution in [0.5, 0.6) is 0 Å². The molecule has 1 aromatic heterocycles. The third-order valence-corrected chi connectivity index (χ3v) is 4.68. The molecule has 0 bridgehead atoms. The molecule has 1 fully saturated rings. The monoisotopic (exact) mass is 379 g/mol. The molecule has 0 aromatic carbocycles. The molecule has 0 unspecified atom stereocenters. The first kappa shape index (κ1) is 18.1. The van der Waals surface area contributed by atoms with E-state index < -0.39 is 40.8 Å². The number of rotatable bonds is 6. The molecule has 0 aliphatic carbocycles. The van der Waals surface area contributed by atoms with Crippen molar-refractivity contribution in [1.82, 2.24) is 14.6 Å². The highest BCUT2D eigenvalue weighted by atomic mass is 32.2. The summed E-state index contributed by atoms with van der Waals surface area (Å²) in [4.78, 5) is 32.4. The Balaban J connectivity index is 2.19. The number of nitrogens with zero attached hydrogens (tertiary/aromatic N) is 3. The Hall–Kier alpha value is -2.29. The summed E-state index contributed by atoms with van der Waals surface area (Å²) in [6.45, 7) is -0.795. The second-order valence-corrected chi connectivity index (χ2v) is 6.69. The second kappa shape index (κ2) is 6.68. The normalized spacial score (nSPS) is 21.4. The quantitative estimate of drug-likeness (QED) is 0.180. The van der Waals surface area contributed by atoms with E-state index in [0.717, 1.165) is 11.3 Å².